The smallest absolute Gasteiger partial charge is 0.274 e. The normalized spacial score (nSPS) is 12.9. The Bertz CT molecular complexity index is 1130. The molecule has 0 unspecified atom stereocenters. The van der Waals surface area contributed by atoms with E-state index in [9.17, 15) is 0 Å². The fourth-order valence-electron chi connectivity index (χ4n) is 3.48. The summed E-state index contributed by atoms with van der Waals surface area (Å²) in [4.78, 5) is 7.47. The molecule has 2 aromatic carbocycles. The molecule has 0 bridgehead atoms. The first-order valence-corrected chi connectivity index (χ1v) is 16.9. The van der Waals surface area contributed by atoms with E-state index in [2.05, 4.69) is 102 Å². The maximum Gasteiger partial charge on any atom is 0.274 e. The van der Waals surface area contributed by atoms with E-state index in [4.69, 9.17) is 22.0 Å². The predicted molar refractivity (Wildman–Crippen MR) is 156 cm³/mol. The van der Waals surface area contributed by atoms with Crippen LogP contribution < -0.4 is 8.85 Å². The molecule has 0 N–H and O–H groups in total. The van der Waals surface area contributed by atoms with E-state index in [-0.39, 0.29) is 22.2 Å². The molecule has 0 spiro atoms. The quantitative estimate of drug-likeness (QED) is 0.210. The highest BCUT2D eigenvalue weighted by atomic mass is 28.3. The first kappa shape index (κ1) is 29.2. The second-order valence-electron chi connectivity index (χ2n) is 11.3. The van der Waals surface area contributed by atoms with E-state index >= 15 is 0 Å². The standard InChI is InChI=1S/C30H38N2O2Si2/c1-29(2,3)23-15-13-21(27(19-23)33-35(9)10)17-25(31-7)26(32-8)18-22-14-16-24(30(4,5)6)20-28(22)34-36(11)12/h13-20H,1-6,9-12H3. The largest absolute Gasteiger partial charge is 0.542 e. The van der Waals surface area contributed by atoms with Crippen molar-refractivity contribution in [2.75, 3.05) is 0 Å². The Morgan fingerprint density at radius 1 is 0.667 bits per heavy atom. The monoisotopic (exact) mass is 514 g/mol. The maximum atomic E-state index is 7.86. The number of hydrogen-bond donors (Lipinski definition) is 0. The zero-order valence-electron chi connectivity index (χ0n) is 23.3. The van der Waals surface area contributed by atoms with Gasteiger partial charge in [-0.25, -0.2) is 0 Å². The molecule has 0 aliphatic carbocycles. The number of benzene rings is 2. The van der Waals surface area contributed by atoms with Crippen molar-refractivity contribution in [3.8, 4) is 11.5 Å². The summed E-state index contributed by atoms with van der Waals surface area (Å²) in [5.41, 5.74) is 4.47. The lowest BCUT2D eigenvalue weighted by molar-refractivity contribution is 0.559. The van der Waals surface area contributed by atoms with Gasteiger partial charge in [-0.3, -0.25) is 9.69 Å². The van der Waals surface area contributed by atoms with E-state index in [0.717, 1.165) is 22.6 Å². The Morgan fingerprint density at radius 2 is 1.00 bits per heavy atom. The van der Waals surface area contributed by atoms with Crippen molar-refractivity contribution in [2.45, 2.75) is 78.6 Å². The highest BCUT2D eigenvalue weighted by Crippen LogP contribution is 2.34. The third-order valence-corrected chi connectivity index (χ3v) is 6.73. The van der Waals surface area contributed by atoms with Crippen LogP contribution in [-0.2, 0) is 10.8 Å². The van der Waals surface area contributed by atoms with Crippen LogP contribution in [0.25, 0.3) is 21.8 Å². The molecule has 2 rings (SSSR count). The minimum Gasteiger partial charge on any atom is -0.542 e. The van der Waals surface area contributed by atoms with E-state index in [1.165, 1.54) is 11.1 Å². The third-order valence-electron chi connectivity index (χ3n) is 5.48. The van der Waals surface area contributed by atoms with Crippen LogP contribution >= 0.6 is 0 Å². The number of hydrogen-bond acceptors (Lipinski definition) is 2. The molecule has 0 aromatic heterocycles. The van der Waals surface area contributed by atoms with Crippen LogP contribution in [0.3, 0.4) is 0 Å². The van der Waals surface area contributed by atoms with Crippen molar-refractivity contribution < 1.29 is 8.85 Å². The third kappa shape index (κ3) is 7.98. The van der Waals surface area contributed by atoms with Gasteiger partial charge in [0.25, 0.3) is 18.1 Å². The average Bonchev–Trinajstić information content (AvgIpc) is 2.75. The van der Waals surface area contributed by atoms with Gasteiger partial charge in [-0.05, 0) is 60.3 Å². The van der Waals surface area contributed by atoms with Gasteiger partial charge in [0.15, 0.2) is 11.4 Å². The lowest BCUT2D eigenvalue weighted by Gasteiger charge is -2.22. The van der Waals surface area contributed by atoms with E-state index in [0.29, 0.717) is 0 Å². The molecule has 0 heterocycles. The van der Waals surface area contributed by atoms with Gasteiger partial charge in [0.2, 0.25) is 0 Å². The summed E-state index contributed by atoms with van der Waals surface area (Å²) in [5.74, 6) is 1.52. The highest BCUT2D eigenvalue weighted by Gasteiger charge is 2.19. The minimum atomic E-state index is -1.01. The molecule has 2 aromatic rings. The second kappa shape index (κ2) is 11.8. The van der Waals surface area contributed by atoms with Gasteiger partial charge in [0.05, 0.1) is 13.1 Å². The predicted octanol–water partition coefficient (Wildman–Crippen LogP) is 8.76. The van der Waals surface area contributed by atoms with Crippen molar-refractivity contribution in [2.24, 2.45) is 0 Å². The summed E-state index contributed by atoms with van der Waals surface area (Å²) in [7, 11) is -2.03. The number of nitrogens with zero attached hydrogens (tertiary/aromatic N) is 2. The Balaban J connectivity index is 2.65. The summed E-state index contributed by atoms with van der Waals surface area (Å²) in [5, 5.41) is 0. The summed E-state index contributed by atoms with van der Waals surface area (Å²) in [6, 6.07) is 12.3. The molecule has 0 fully saturated rings. The topological polar surface area (TPSA) is 27.2 Å². The van der Waals surface area contributed by atoms with Gasteiger partial charge < -0.3 is 8.85 Å². The van der Waals surface area contributed by atoms with Crippen molar-refractivity contribution >= 4 is 30.2 Å². The average molecular weight is 515 g/mol. The molecular formula is C30H38N2O2Si2. The van der Waals surface area contributed by atoms with E-state index in [1.807, 2.05) is 12.1 Å². The first-order valence-electron chi connectivity index (χ1n) is 12.1. The molecule has 4 nitrogen and oxygen atoms in total. The molecule has 188 valence electrons. The molecule has 6 heteroatoms. The van der Waals surface area contributed by atoms with Crippen molar-refractivity contribution in [3.05, 3.63) is 92.9 Å². The molecule has 0 amide bonds. The minimum absolute atomic E-state index is 0.0204. The summed E-state index contributed by atoms with van der Waals surface area (Å²) in [6.45, 7) is 37.1. The van der Waals surface area contributed by atoms with Gasteiger partial charge in [-0.1, -0.05) is 78.0 Å². The van der Waals surface area contributed by atoms with Crippen LogP contribution in [0.1, 0.15) is 63.8 Å². The zero-order valence-corrected chi connectivity index (χ0v) is 25.3. The Kier molecular flexibility index (Phi) is 9.54. The summed E-state index contributed by atoms with van der Waals surface area (Å²) in [6.07, 6.45) is 3.53. The van der Waals surface area contributed by atoms with Crippen LogP contribution in [0.2, 0.25) is 26.2 Å². The van der Waals surface area contributed by atoms with Gasteiger partial charge in [-0.2, -0.15) is 0 Å². The Morgan fingerprint density at radius 3 is 1.25 bits per heavy atom. The summed E-state index contributed by atoms with van der Waals surface area (Å²) < 4.78 is 12.4. The number of rotatable bonds is 7. The highest BCUT2D eigenvalue weighted by molar-refractivity contribution is 6.49. The van der Waals surface area contributed by atoms with Gasteiger partial charge >= 0.3 is 0 Å². The molecule has 0 atom stereocenters. The maximum absolute atomic E-state index is 7.86. The second-order valence-corrected chi connectivity index (χ2v) is 15.3. The van der Waals surface area contributed by atoms with Crippen molar-refractivity contribution in [3.63, 3.8) is 0 Å². The first-order chi connectivity index (χ1) is 16.6. The van der Waals surface area contributed by atoms with Crippen LogP contribution in [0.4, 0.5) is 0 Å². The molecule has 0 aliphatic rings. The van der Waals surface area contributed by atoms with Crippen LogP contribution in [-0.4, -0.2) is 18.1 Å². The van der Waals surface area contributed by atoms with Crippen molar-refractivity contribution in [1.29, 1.82) is 0 Å². The SMILES string of the molecule is [C-]#[N+]C(=Cc1ccc(C(C)(C)C)cc1O[Si](C)C)C(=Cc1ccc(C(C)(C)C)cc1O[Si](C)C)[N+]#[C-]. The van der Waals surface area contributed by atoms with Crippen molar-refractivity contribution in [1.82, 2.24) is 0 Å². The fraction of sp³-hybridized carbons (Fsp3) is 0.400. The van der Waals surface area contributed by atoms with Gasteiger partial charge in [0, 0.05) is 11.1 Å². The Hall–Kier alpha value is -3.07. The van der Waals surface area contributed by atoms with Gasteiger partial charge in [-0.15, -0.1) is 0 Å². The van der Waals surface area contributed by atoms with Crippen LogP contribution in [0.15, 0.2) is 47.8 Å². The Labute approximate surface area is 221 Å². The lowest BCUT2D eigenvalue weighted by Crippen LogP contribution is -2.15. The molecule has 0 saturated heterocycles. The summed E-state index contributed by atoms with van der Waals surface area (Å²) >= 11 is 0. The zero-order chi connectivity index (χ0) is 27.3. The van der Waals surface area contributed by atoms with E-state index in [1.54, 1.807) is 12.2 Å². The molecule has 0 saturated carbocycles. The van der Waals surface area contributed by atoms with Crippen LogP contribution in [0, 0.1) is 13.1 Å². The van der Waals surface area contributed by atoms with Gasteiger partial charge in [0.1, 0.15) is 11.5 Å². The molecule has 0 aliphatic heterocycles. The lowest BCUT2D eigenvalue weighted by atomic mass is 9.86. The van der Waals surface area contributed by atoms with E-state index < -0.39 is 18.1 Å². The molecule has 36 heavy (non-hydrogen) atoms. The fourth-order valence-corrected chi connectivity index (χ4v) is 4.71. The molecule has 2 radical (unpaired) electrons. The molecular weight excluding hydrogens is 477 g/mol. The van der Waals surface area contributed by atoms with Crippen LogP contribution in [0.5, 0.6) is 11.5 Å².